The molecule has 0 saturated heterocycles. The van der Waals surface area contributed by atoms with Gasteiger partial charge in [0.2, 0.25) is 11.5 Å². The van der Waals surface area contributed by atoms with E-state index in [0.717, 1.165) is 0 Å². The molecule has 0 aliphatic carbocycles. The van der Waals surface area contributed by atoms with Crippen molar-refractivity contribution in [2.45, 2.75) is 13.8 Å². The highest BCUT2D eigenvalue weighted by Crippen LogP contribution is 2.46. The molecular weight excluding hydrogens is 382 g/mol. The van der Waals surface area contributed by atoms with Crippen LogP contribution in [-0.2, 0) is 0 Å². The first-order chi connectivity index (χ1) is 13.8. The van der Waals surface area contributed by atoms with E-state index in [1.54, 1.807) is 13.8 Å². The number of carbonyl (C=O) groups is 2. The normalized spacial score (nSPS) is 10.4. The van der Waals surface area contributed by atoms with Crippen LogP contribution >= 0.6 is 0 Å². The Bertz CT molecular complexity index is 957. The number of hydrogen-bond acceptors (Lipinski definition) is 8. The highest BCUT2D eigenvalue weighted by atomic mass is 16.6. The van der Waals surface area contributed by atoms with Crippen molar-refractivity contribution < 1.29 is 28.7 Å². The number of nitro benzene ring substituents is 1. The Balaban J connectivity index is 2.60. The molecule has 1 amide bonds. The van der Waals surface area contributed by atoms with Crippen molar-refractivity contribution in [3.8, 4) is 17.2 Å². The number of rotatable bonds is 8. The molecule has 1 aromatic heterocycles. The molecule has 10 nitrogen and oxygen atoms in total. The van der Waals surface area contributed by atoms with E-state index >= 15 is 0 Å². The minimum atomic E-state index is -0.819. The lowest BCUT2D eigenvalue weighted by atomic mass is 10.0. The molecule has 0 fully saturated rings. The maximum absolute atomic E-state index is 12.9. The largest absolute Gasteiger partial charge is 0.493 e. The summed E-state index contributed by atoms with van der Waals surface area (Å²) >= 11 is 0. The molecule has 0 atom stereocenters. The van der Waals surface area contributed by atoms with Gasteiger partial charge in [-0.1, -0.05) is 13.8 Å². The highest BCUT2D eigenvalue weighted by Gasteiger charge is 2.33. The van der Waals surface area contributed by atoms with Gasteiger partial charge in [0.15, 0.2) is 11.5 Å². The summed E-state index contributed by atoms with van der Waals surface area (Å²) in [6, 6.07) is 2.62. The second-order valence-electron chi connectivity index (χ2n) is 6.19. The standard InChI is InChI=1S/C19H21N3O7/c1-10(2)16(23)12-9-20-7-6-13(12)21-19(24)11-8-14(27-3)17(28-4)18(29-5)15(11)22(25)26/h6-10H,1-5H3,(H,20,21,24). The Hall–Kier alpha value is -3.69. The van der Waals surface area contributed by atoms with Gasteiger partial charge in [-0.2, -0.15) is 0 Å². The zero-order valence-electron chi connectivity index (χ0n) is 16.6. The third-order valence-electron chi connectivity index (χ3n) is 4.09. The van der Waals surface area contributed by atoms with Gasteiger partial charge < -0.3 is 19.5 Å². The molecule has 29 heavy (non-hydrogen) atoms. The molecule has 0 radical (unpaired) electrons. The van der Waals surface area contributed by atoms with E-state index in [-0.39, 0.29) is 45.8 Å². The number of amides is 1. The molecule has 10 heteroatoms. The molecule has 0 saturated carbocycles. The maximum Gasteiger partial charge on any atom is 0.327 e. The summed E-state index contributed by atoms with van der Waals surface area (Å²) in [7, 11) is 3.84. The number of ketones is 1. The SMILES string of the molecule is COc1cc(C(=O)Nc2ccncc2C(=O)C(C)C)c([N+](=O)[O-])c(OC)c1OC. The first-order valence-electron chi connectivity index (χ1n) is 8.53. The molecule has 2 rings (SSSR count). The quantitative estimate of drug-likeness (QED) is 0.404. The van der Waals surface area contributed by atoms with Crippen molar-refractivity contribution in [2.24, 2.45) is 5.92 Å². The molecule has 0 unspecified atom stereocenters. The van der Waals surface area contributed by atoms with E-state index in [0.29, 0.717) is 0 Å². The molecule has 0 bridgehead atoms. The van der Waals surface area contributed by atoms with Crippen LogP contribution in [0.2, 0.25) is 0 Å². The third kappa shape index (κ3) is 4.26. The van der Waals surface area contributed by atoms with Gasteiger partial charge in [0, 0.05) is 24.4 Å². The van der Waals surface area contributed by atoms with E-state index in [1.807, 2.05) is 0 Å². The Kier molecular flexibility index (Phi) is 6.71. The summed E-state index contributed by atoms with van der Waals surface area (Å²) in [6.45, 7) is 3.43. The molecule has 1 aromatic carbocycles. The minimum Gasteiger partial charge on any atom is -0.493 e. The molecule has 0 aliphatic heterocycles. The summed E-state index contributed by atoms with van der Waals surface area (Å²) < 4.78 is 15.4. The Labute approximate surface area is 166 Å². The number of ether oxygens (including phenoxy) is 3. The first kappa shape index (κ1) is 21.6. The van der Waals surface area contributed by atoms with Gasteiger partial charge in [0.05, 0.1) is 37.5 Å². The number of carbonyl (C=O) groups excluding carboxylic acids is 2. The summed E-state index contributed by atoms with van der Waals surface area (Å²) in [5, 5.41) is 14.2. The van der Waals surface area contributed by atoms with Crippen LogP contribution < -0.4 is 19.5 Å². The molecule has 0 spiro atoms. The van der Waals surface area contributed by atoms with Gasteiger partial charge in [-0.15, -0.1) is 0 Å². The summed E-state index contributed by atoms with van der Waals surface area (Å²) in [5.41, 5.74) is -0.518. The van der Waals surface area contributed by atoms with Crippen molar-refractivity contribution in [2.75, 3.05) is 26.6 Å². The van der Waals surface area contributed by atoms with E-state index < -0.39 is 16.5 Å². The van der Waals surface area contributed by atoms with E-state index in [4.69, 9.17) is 14.2 Å². The number of nitrogens with zero attached hydrogens (tertiary/aromatic N) is 2. The molecule has 0 aliphatic rings. The molecule has 2 aromatic rings. The van der Waals surface area contributed by atoms with Crippen molar-refractivity contribution in [1.82, 2.24) is 4.98 Å². The van der Waals surface area contributed by atoms with Crippen LogP contribution in [0.1, 0.15) is 34.6 Å². The number of anilines is 1. The first-order valence-corrected chi connectivity index (χ1v) is 8.53. The second-order valence-corrected chi connectivity index (χ2v) is 6.19. The number of nitro groups is 1. The van der Waals surface area contributed by atoms with Crippen LogP contribution in [0.15, 0.2) is 24.5 Å². The van der Waals surface area contributed by atoms with Crippen LogP contribution in [-0.4, -0.2) is 42.9 Å². The smallest absolute Gasteiger partial charge is 0.327 e. The average molecular weight is 403 g/mol. The van der Waals surface area contributed by atoms with Crippen molar-refractivity contribution in [3.05, 3.63) is 45.8 Å². The minimum absolute atomic E-state index is 0.0159. The fourth-order valence-electron chi connectivity index (χ4n) is 2.70. The second kappa shape index (κ2) is 9.00. The van der Waals surface area contributed by atoms with Crippen LogP contribution in [0.4, 0.5) is 11.4 Å². The lowest BCUT2D eigenvalue weighted by Crippen LogP contribution is -2.18. The molecule has 1 N–H and O–H groups in total. The van der Waals surface area contributed by atoms with Crippen molar-refractivity contribution in [3.63, 3.8) is 0 Å². The third-order valence-corrected chi connectivity index (χ3v) is 4.09. The van der Waals surface area contributed by atoms with Gasteiger partial charge in [0.1, 0.15) is 5.56 Å². The Morgan fingerprint density at radius 2 is 1.76 bits per heavy atom. The lowest BCUT2D eigenvalue weighted by molar-refractivity contribution is -0.386. The fraction of sp³-hybridized carbons (Fsp3) is 0.316. The number of nitrogens with one attached hydrogen (secondary N) is 1. The van der Waals surface area contributed by atoms with Crippen LogP contribution in [0.5, 0.6) is 17.2 Å². The molecule has 1 heterocycles. The zero-order chi connectivity index (χ0) is 21.7. The monoisotopic (exact) mass is 403 g/mol. The van der Waals surface area contributed by atoms with Crippen LogP contribution in [0.25, 0.3) is 0 Å². The maximum atomic E-state index is 12.9. The van der Waals surface area contributed by atoms with Gasteiger partial charge in [-0.05, 0) is 6.07 Å². The number of pyridine rings is 1. The number of Topliss-reactive ketones (excluding diaryl/α,β-unsaturated/α-hetero) is 1. The number of methoxy groups -OCH3 is 3. The zero-order valence-corrected chi connectivity index (χ0v) is 16.6. The van der Waals surface area contributed by atoms with Gasteiger partial charge >= 0.3 is 5.69 Å². The molecular formula is C19H21N3O7. The summed E-state index contributed by atoms with van der Waals surface area (Å²) in [5.74, 6) is -1.57. The van der Waals surface area contributed by atoms with Crippen molar-refractivity contribution >= 4 is 23.1 Å². The van der Waals surface area contributed by atoms with E-state index in [9.17, 15) is 19.7 Å². The number of hydrogen-bond donors (Lipinski definition) is 1. The lowest BCUT2D eigenvalue weighted by Gasteiger charge is -2.15. The van der Waals surface area contributed by atoms with Gasteiger partial charge in [-0.25, -0.2) is 0 Å². The topological polar surface area (TPSA) is 130 Å². The van der Waals surface area contributed by atoms with Crippen molar-refractivity contribution in [1.29, 1.82) is 0 Å². The molecule has 154 valence electrons. The van der Waals surface area contributed by atoms with Crippen LogP contribution in [0, 0.1) is 16.0 Å². The fourth-order valence-corrected chi connectivity index (χ4v) is 2.70. The van der Waals surface area contributed by atoms with E-state index in [2.05, 4.69) is 10.3 Å². The van der Waals surface area contributed by atoms with Gasteiger partial charge in [0.25, 0.3) is 5.91 Å². The number of aromatic nitrogens is 1. The Morgan fingerprint density at radius 3 is 2.28 bits per heavy atom. The predicted molar refractivity (Wildman–Crippen MR) is 104 cm³/mol. The summed E-state index contributed by atoms with van der Waals surface area (Å²) in [4.78, 5) is 40.2. The van der Waals surface area contributed by atoms with Gasteiger partial charge in [-0.3, -0.25) is 24.7 Å². The summed E-state index contributed by atoms with van der Waals surface area (Å²) in [6.07, 6.45) is 2.73. The van der Waals surface area contributed by atoms with Crippen LogP contribution in [0.3, 0.4) is 0 Å². The highest BCUT2D eigenvalue weighted by molar-refractivity contribution is 6.12. The predicted octanol–water partition coefficient (Wildman–Crippen LogP) is 3.11. The number of benzene rings is 1. The Morgan fingerprint density at radius 1 is 1.10 bits per heavy atom. The average Bonchev–Trinajstić information content (AvgIpc) is 2.71. The van der Waals surface area contributed by atoms with E-state index in [1.165, 1.54) is 45.9 Å².